The van der Waals surface area contributed by atoms with Crippen molar-refractivity contribution in [2.75, 3.05) is 19.0 Å². The van der Waals surface area contributed by atoms with Crippen LogP contribution in [0.4, 0.5) is 0 Å². The van der Waals surface area contributed by atoms with Gasteiger partial charge in [0.15, 0.2) is 5.16 Å². The summed E-state index contributed by atoms with van der Waals surface area (Å²) in [4.78, 5) is 18.0. The molecule has 1 saturated heterocycles. The highest BCUT2D eigenvalue weighted by Crippen LogP contribution is 2.26. The van der Waals surface area contributed by atoms with Gasteiger partial charge >= 0.3 is 0 Å². The van der Waals surface area contributed by atoms with Crippen molar-refractivity contribution in [3.05, 3.63) is 58.9 Å². The molecule has 1 aromatic heterocycles. The van der Waals surface area contributed by atoms with Crippen molar-refractivity contribution >= 4 is 22.7 Å². The van der Waals surface area contributed by atoms with Gasteiger partial charge in [0.1, 0.15) is 5.75 Å². The van der Waals surface area contributed by atoms with Crippen LogP contribution in [-0.2, 0) is 4.74 Å². The summed E-state index contributed by atoms with van der Waals surface area (Å²) in [6.07, 6.45) is 2.39. The lowest BCUT2D eigenvalue weighted by Crippen LogP contribution is -2.22. The Labute approximate surface area is 162 Å². The van der Waals surface area contributed by atoms with E-state index < -0.39 is 0 Å². The van der Waals surface area contributed by atoms with Crippen molar-refractivity contribution in [3.8, 4) is 11.4 Å². The highest BCUT2D eigenvalue weighted by molar-refractivity contribution is 7.99. The number of ether oxygens (including phenoxy) is 2. The normalized spacial score (nSPS) is 16.7. The summed E-state index contributed by atoms with van der Waals surface area (Å²) in [6, 6.07) is 15.1. The van der Waals surface area contributed by atoms with E-state index in [4.69, 9.17) is 14.5 Å². The van der Waals surface area contributed by atoms with E-state index in [1.165, 1.54) is 0 Å². The summed E-state index contributed by atoms with van der Waals surface area (Å²) in [5.41, 5.74) is 1.45. The van der Waals surface area contributed by atoms with Crippen molar-refractivity contribution in [1.82, 2.24) is 9.55 Å². The molecule has 0 unspecified atom stereocenters. The Hall–Kier alpha value is -2.31. The summed E-state index contributed by atoms with van der Waals surface area (Å²) in [5, 5.41) is 1.31. The zero-order chi connectivity index (χ0) is 18.6. The second-order valence-electron chi connectivity index (χ2n) is 6.43. The lowest BCUT2D eigenvalue weighted by Gasteiger charge is -2.15. The molecule has 0 radical (unpaired) electrons. The number of benzene rings is 2. The molecule has 0 bridgehead atoms. The highest BCUT2D eigenvalue weighted by atomic mass is 32.2. The molecular weight excluding hydrogens is 360 g/mol. The molecule has 1 aliphatic rings. The van der Waals surface area contributed by atoms with Gasteiger partial charge in [-0.15, -0.1) is 0 Å². The summed E-state index contributed by atoms with van der Waals surface area (Å²) in [7, 11) is 0. The molecular formula is C21H22N2O3S. The van der Waals surface area contributed by atoms with Crippen LogP contribution >= 0.6 is 11.8 Å². The maximum atomic E-state index is 13.2. The number of rotatable bonds is 6. The summed E-state index contributed by atoms with van der Waals surface area (Å²) in [5.74, 6) is 1.58. The van der Waals surface area contributed by atoms with Crippen LogP contribution in [0.5, 0.6) is 5.75 Å². The topological polar surface area (TPSA) is 53.4 Å². The fourth-order valence-electron chi connectivity index (χ4n) is 3.24. The van der Waals surface area contributed by atoms with Gasteiger partial charge in [0.2, 0.25) is 0 Å². The van der Waals surface area contributed by atoms with E-state index in [-0.39, 0.29) is 11.7 Å². The molecule has 2 aromatic carbocycles. The molecule has 27 heavy (non-hydrogen) atoms. The van der Waals surface area contributed by atoms with Crippen molar-refractivity contribution in [3.63, 3.8) is 0 Å². The number of thioether (sulfide) groups is 1. The van der Waals surface area contributed by atoms with Gasteiger partial charge in [0, 0.05) is 12.4 Å². The van der Waals surface area contributed by atoms with Crippen LogP contribution in [0, 0.1) is 0 Å². The second kappa shape index (κ2) is 8.15. The molecule has 5 nitrogen and oxygen atoms in total. The van der Waals surface area contributed by atoms with Gasteiger partial charge in [0.05, 0.1) is 29.3 Å². The van der Waals surface area contributed by atoms with Crippen LogP contribution in [0.25, 0.3) is 16.6 Å². The van der Waals surface area contributed by atoms with Crippen LogP contribution in [0.3, 0.4) is 0 Å². The Morgan fingerprint density at radius 2 is 2.04 bits per heavy atom. The molecule has 6 heteroatoms. The summed E-state index contributed by atoms with van der Waals surface area (Å²) >= 11 is 1.58. The molecule has 1 atom stereocenters. The smallest absolute Gasteiger partial charge is 0.266 e. The van der Waals surface area contributed by atoms with E-state index in [1.807, 2.05) is 55.5 Å². The summed E-state index contributed by atoms with van der Waals surface area (Å²) in [6.45, 7) is 3.38. The third-order valence-corrected chi connectivity index (χ3v) is 5.64. The van der Waals surface area contributed by atoms with Gasteiger partial charge < -0.3 is 9.47 Å². The van der Waals surface area contributed by atoms with Gasteiger partial charge in [-0.3, -0.25) is 9.36 Å². The van der Waals surface area contributed by atoms with Crippen LogP contribution in [-0.4, -0.2) is 34.6 Å². The Kier molecular flexibility index (Phi) is 5.45. The zero-order valence-corrected chi connectivity index (χ0v) is 16.1. The second-order valence-corrected chi connectivity index (χ2v) is 7.41. The SMILES string of the molecule is CCOc1ccc(-n2c(SC[C@@H]3CCCO3)nc3ccccc3c2=O)cc1. The van der Waals surface area contributed by atoms with Gasteiger partial charge in [-0.05, 0) is 56.2 Å². The minimum atomic E-state index is -0.0559. The third-order valence-electron chi connectivity index (χ3n) is 4.57. The minimum absolute atomic E-state index is 0.0559. The average Bonchev–Trinajstić information content (AvgIpc) is 3.21. The van der Waals surface area contributed by atoms with E-state index in [0.717, 1.165) is 42.2 Å². The predicted octanol–water partition coefficient (Wildman–Crippen LogP) is 4.06. The molecule has 0 spiro atoms. The first-order valence-electron chi connectivity index (χ1n) is 9.25. The fraction of sp³-hybridized carbons (Fsp3) is 0.333. The van der Waals surface area contributed by atoms with Crippen molar-refractivity contribution in [2.24, 2.45) is 0 Å². The van der Waals surface area contributed by atoms with Crippen molar-refractivity contribution in [2.45, 2.75) is 31.0 Å². The first-order valence-corrected chi connectivity index (χ1v) is 10.2. The zero-order valence-electron chi connectivity index (χ0n) is 15.3. The quantitative estimate of drug-likeness (QED) is 0.475. The Morgan fingerprint density at radius 3 is 2.78 bits per heavy atom. The Morgan fingerprint density at radius 1 is 1.22 bits per heavy atom. The first-order chi connectivity index (χ1) is 13.3. The van der Waals surface area contributed by atoms with Gasteiger partial charge in [-0.1, -0.05) is 23.9 Å². The average molecular weight is 382 g/mol. The molecule has 140 valence electrons. The number of nitrogens with zero attached hydrogens (tertiary/aromatic N) is 2. The maximum Gasteiger partial charge on any atom is 0.266 e. The number of para-hydroxylation sites is 1. The maximum absolute atomic E-state index is 13.2. The lowest BCUT2D eigenvalue weighted by molar-refractivity contribution is 0.129. The summed E-state index contributed by atoms with van der Waals surface area (Å²) < 4.78 is 12.9. The largest absolute Gasteiger partial charge is 0.494 e. The molecule has 1 aliphatic heterocycles. The fourth-order valence-corrected chi connectivity index (χ4v) is 4.32. The van der Waals surface area contributed by atoms with Crippen LogP contribution in [0.15, 0.2) is 58.5 Å². The molecule has 2 heterocycles. The number of aromatic nitrogens is 2. The van der Waals surface area contributed by atoms with E-state index in [9.17, 15) is 4.79 Å². The molecule has 4 rings (SSSR count). The van der Waals surface area contributed by atoms with Crippen molar-refractivity contribution in [1.29, 1.82) is 0 Å². The predicted molar refractivity (Wildman–Crippen MR) is 108 cm³/mol. The van der Waals surface area contributed by atoms with E-state index >= 15 is 0 Å². The van der Waals surface area contributed by atoms with Gasteiger partial charge in [-0.2, -0.15) is 0 Å². The standard InChI is InChI=1S/C21H22N2O3S/c1-2-25-16-11-9-15(10-12-16)23-20(24)18-7-3-4-8-19(18)22-21(23)27-14-17-6-5-13-26-17/h3-4,7-12,17H,2,5-6,13-14H2,1H3/t17-/m0/s1. The molecule has 0 N–H and O–H groups in total. The molecule has 0 amide bonds. The first kappa shape index (κ1) is 18.1. The van der Waals surface area contributed by atoms with E-state index in [1.54, 1.807) is 16.3 Å². The van der Waals surface area contributed by atoms with Gasteiger partial charge in [-0.25, -0.2) is 4.98 Å². The lowest BCUT2D eigenvalue weighted by atomic mass is 10.2. The Bertz CT molecular complexity index is 979. The van der Waals surface area contributed by atoms with Crippen LogP contribution in [0.2, 0.25) is 0 Å². The van der Waals surface area contributed by atoms with E-state index in [2.05, 4.69) is 0 Å². The minimum Gasteiger partial charge on any atom is -0.494 e. The number of hydrogen-bond acceptors (Lipinski definition) is 5. The molecule has 3 aromatic rings. The van der Waals surface area contributed by atoms with Gasteiger partial charge in [0.25, 0.3) is 5.56 Å². The highest BCUT2D eigenvalue weighted by Gasteiger charge is 2.19. The number of hydrogen-bond donors (Lipinski definition) is 0. The number of fused-ring (bicyclic) bond motifs is 1. The van der Waals surface area contributed by atoms with Crippen molar-refractivity contribution < 1.29 is 9.47 Å². The molecule has 0 saturated carbocycles. The molecule has 1 fully saturated rings. The monoisotopic (exact) mass is 382 g/mol. The third kappa shape index (κ3) is 3.87. The van der Waals surface area contributed by atoms with Crippen LogP contribution < -0.4 is 10.3 Å². The van der Waals surface area contributed by atoms with Crippen LogP contribution in [0.1, 0.15) is 19.8 Å². The molecule has 0 aliphatic carbocycles. The van der Waals surface area contributed by atoms with E-state index in [0.29, 0.717) is 17.1 Å². The Balaban J connectivity index is 1.76.